The third-order valence-corrected chi connectivity index (χ3v) is 10.9. The molecule has 0 radical (unpaired) electrons. The van der Waals surface area contributed by atoms with Gasteiger partial charge in [0.2, 0.25) is 29.5 Å². The number of carbonyl (C=O) groups is 7. The van der Waals surface area contributed by atoms with Gasteiger partial charge < -0.3 is 40.7 Å². The van der Waals surface area contributed by atoms with E-state index in [-0.39, 0.29) is 31.3 Å². The lowest BCUT2D eigenvalue weighted by atomic mass is 9.99. The maximum atomic E-state index is 14.5. The first-order chi connectivity index (χ1) is 27.0. The smallest absolute Gasteiger partial charge is 0.328 e. The summed E-state index contributed by atoms with van der Waals surface area (Å²) in [6, 6.07) is 11.4. The van der Waals surface area contributed by atoms with E-state index in [2.05, 4.69) is 21.3 Å². The Bertz CT molecular complexity index is 1810. The van der Waals surface area contributed by atoms with Gasteiger partial charge >= 0.3 is 12.0 Å². The minimum atomic E-state index is -1.43. The molecule has 15 nitrogen and oxygen atoms in total. The Balaban J connectivity index is 1.27. The van der Waals surface area contributed by atoms with Crippen LogP contribution in [0.1, 0.15) is 63.5 Å². The standard InChI is InChI=1S/C41H51N7O8/c1-26-22-34-40(54)56-25-31(44-35(49)30(23-29-14-7-4-8-15-29)45-41(55)42-19-18-28-12-5-3-6-13-28)38(52)47-21-11-17-33(47)39(53)46-20-10-9-16-32(46)36(50)43-27(2)37(51)48(34)24-26/h3-8,12-15,18-19,26-27,30-34H,9-11,16-17,20-25H2,1-2H3,(H,43,50)(H,44,49)(H2,42,45,55)/b19-18+/t26-,27+,30+,31+,32+,33+,34+/m1/s1. The predicted molar refractivity (Wildman–Crippen MR) is 205 cm³/mol. The summed E-state index contributed by atoms with van der Waals surface area (Å²) in [4.78, 5) is 101. The van der Waals surface area contributed by atoms with Crippen molar-refractivity contribution >= 4 is 47.6 Å². The Morgan fingerprint density at radius 1 is 0.821 bits per heavy atom. The molecule has 0 spiro atoms. The number of nitrogens with zero attached hydrogens (tertiary/aromatic N) is 3. The molecule has 7 atom stereocenters. The van der Waals surface area contributed by atoms with Crippen molar-refractivity contribution in [1.82, 2.24) is 36.0 Å². The minimum absolute atomic E-state index is 0.0473. The lowest BCUT2D eigenvalue weighted by Crippen LogP contribution is -2.62. The van der Waals surface area contributed by atoms with Crippen molar-refractivity contribution in [3.63, 3.8) is 0 Å². The Kier molecular flexibility index (Phi) is 13.0. The molecule has 0 bridgehead atoms. The zero-order valence-corrected chi connectivity index (χ0v) is 31.9. The Hall–Kier alpha value is -5.73. The molecule has 6 rings (SSSR count). The summed E-state index contributed by atoms with van der Waals surface area (Å²) in [5.74, 6) is -3.46. The number of urea groups is 1. The van der Waals surface area contributed by atoms with Gasteiger partial charge in [0, 0.05) is 32.3 Å². The number of benzene rings is 2. The normalized spacial score (nSPS) is 26.8. The molecule has 2 aromatic carbocycles. The van der Waals surface area contributed by atoms with Gasteiger partial charge in [0.05, 0.1) is 0 Å². The molecule has 0 aromatic heterocycles. The number of esters is 1. The van der Waals surface area contributed by atoms with E-state index in [1.807, 2.05) is 43.3 Å². The van der Waals surface area contributed by atoms with E-state index in [4.69, 9.17) is 4.74 Å². The van der Waals surface area contributed by atoms with Crippen molar-refractivity contribution in [2.24, 2.45) is 5.92 Å². The molecule has 4 N–H and O–H groups in total. The zero-order valence-electron chi connectivity index (χ0n) is 31.9. The molecule has 0 saturated carbocycles. The summed E-state index contributed by atoms with van der Waals surface area (Å²) in [5.41, 5.74) is 1.59. The molecule has 56 heavy (non-hydrogen) atoms. The van der Waals surface area contributed by atoms with Crippen molar-refractivity contribution in [2.75, 3.05) is 26.2 Å². The van der Waals surface area contributed by atoms with Crippen molar-refractivity contribution in [1.29, 1.82) is 0 Å². The third-order valence-electron chi connectivity index (χ3n) is 10.9. The van der Waals surface area contributed by atoms with Gasteiger partial charge in [0.15, 0.2) is 0 Å². The zero-order chi connectivity index (χ0) is 39.8. The molecule has 298 valence electrons. The first-order valence-corrected chi connectivity index (χ1v) is 19.5. The highest BCUT2D eigenvalue weighted by molar-refractivity contribution is 5.97. The van der Waals surface area contributed by atoms with Gasteiger partial charge in [-0.15, -0.1) is 0 Å². The largest absolute Gasteiger partial charge is 0.461 e. The van der Waals surface area contributed by atoms with E-state index in [1.165, 1.54) is 20.9 Å². The van der Waals surface area contributed by atoms with Gasteiger partial charge in [-0.1, -0.05) is 67.6 Å². The van der Waals surface area contributed by atoms with Crippen molar-refractivity contribution in [3.05, 3.63) is 78.0 Å². The lowest BCUT2D eigenvalue weighted by molar-refractivity contribution is -0.158. The van der Waals surface area contributed by atoms with E-state index in [0.717, 1.165) is 11.1 Å². The molecular weight excluding hydrogens is 718 g/mol. The van der Waals surface area contributed by atoms with Crippen LogP contribution in [0.5, 0.6) is 0 Å². The maximum absolute atomic E-state index is 14.5. The molecule has 0 unspecified atom stereocenters. The van der Waals surface area contributed by atoms with Crippen LogP contribution in [-0.2, 0) is 39.9 Å². The molecule has 4 fully saturated rings. The summed E-state index contributed by atoms with van der Waals surface area (Å²) in [6.45, 7) is 3.68. The Morgan fingerprint density at radius 2 is 1.50 bits per heavy atom. The maximum Gasteiger partial charge on any atom is 0.328 e. The molecule has 4 saturated heterocycles. The first kappa shape index (κ1) is 39.9. The highest BCUT2D eigenvalue weighted by Crippen LogP contribution is 2.28. The van der Waals surface area contributed by atoms with E-state index in [0.29, 0.717) is 45.1 Å². The number of piperidine rings is 1. The summed E-state index contributed by atoms with van der Waals surface area (Å²) in [6.07, 6.45) is 6.17. The number of rotatable bonds is 7. The van der Waals surface area contributed by atoms with Crippen LogP contribution in [0, 0.1) is 5.92 Å². The van der Waals surface area contributed by atoms with Gasteiger partial charge in [-0.25, -0.2) is 9.59 Å². The number of amides is 7. The highest BCUT2D eigenvalue weighted by Gasteiger charge is 2.46. The molecule has 2 aromatic rings. The van der Waals surface area contributed by atoms with Crippen LogP contribution in [-0.4, -0.2) is 119 Å². The third kappa shape index (κ3) is 9.55. The van der Waals surface area contributed by atoms with Crippen molar-refractivity contribution in [3.8, 4) is 0 Å². The quantitative estimate of drug-likeness (QED) is 0.307. The van der Waals surface area contributed by atoms with Gasteiger partial charge in [0.25, 0.3) is 0 Å². The van der Waals surface area contributed by atoms with Crippen molar-refractivity contribution in [2.45, 2.75) is 95.0 Å². The Labute approximate surface area is 326 Å². The average Bonchev–Trinajstić information content (AvgIpc) is 3.86. The van der Waals surface area contributed by atoms with Crippen LogP contribution in [0.2, 0.25) is 0 Å². The van der Waals surface area contributed by atoms with E-state index in [9.17, 15) is 33.6 Å². The second-order valence-electron chi connectivity index (χ2n) is 15.1. The fourth-order valence-electron chi connectivity index (χ4n) is 8.03. The van der Waals surface area contributed by atoms with Crippen LogP contribution < -0.4 is 21.3 Å². The molecule has 7 amide bonds. The molecular formula is C41H51N7O8. The van der Waals surface area contributed by atoms with Crippen LogP contribution in [0.15, 0.2) is 66.9 Å². The lowest BCUT2D eigenvalue weighted by Gasteiger charge is -2.39. The van der Waals surface area contributed by atoms with E-state index < -0.39 is 78.5 Å². The number of ether oxygens (including phenoxy) is 1. The van der Waals surface area contributed by atoms with Gasteiger partial charge in [-0.3, -0.25) is 24.0 Å². The number of cyclic esters (lactones) is 1. The summed E-state index contributed by atoms with van der Waals surface area (Å²) in [5, 5.41) is 10.9. The fraction of sp³-hybridized carbons (Fsp3) is 0.488. The second-order valence-corrected chi connectivity index (χ2v) is 15.1. The minimum Gasteiger partial charge on any atom is -0.461 e. The van der Waals surface area contributed by atoms with Crippen LogP contribution in [0.3, 0.4) is 0 Å². The SMILES string of the molecule is C[C@@H]1C[C@H]2C(=O)OC[C@H](NC(=O)[C@H](Cc3ccccc3)NC(=O)N/C=C/c3ccccc3)C(=O)N3CCC[C@H]3C(=O)N3CCCC[C@H]3C(=O)N[C@@H](C)C(=O)N2C1. The Morgan fingerprint density at radius 3 is 2.25 bits per heavy atom. The molecule has 4 heterocycles. The van der Waals surface area contributed by atoms with E-state index >= 15 is 0 Å². The van der Waals surface area contributed by atoms with Gasteiger partial charge in [-0.05, 0) is 68.6 Å². The first-order valence-electron chi connectivity index (χ1n) is 19.5. The summed E-state index contributed by atoms with van der Waals surface area (Å²) in [7, 11) is 0. The van der Waals surface area contributed by atoms with Crippen LogP contribution in [0.25, 0.3) is 6.08 Å². The molecule has 0 aliphatic carbocycles. The molecule has 4 aliphatic rings. The molecule has 4 aliphatic heterocycles. The number of fused-ring (bicyclic) bond motifs is 3. The average molecular weight is 770 g/mol. The fourth-order valence-corrected chi connectivity index (χ4v) is 8.03. The van der Waals surface area contributed by atoms with Gasteiger partial charge in [-0.2, -0.15) is 0 Å². The van der Waals surface area contributed by atoms with Crippen molar-refractivity contribution < 1.29 is 38.3 Å². The highest BCUT2D eigenvalue weighted by atomic mass is 16.5. The predicted octanol–water partition coefficient (Wildman–Crippen LogP) is 1.72. The second kappa shape index (κ2) is 18.3. The summed E-state index contributed by atoms with van der Waals surface area (Å²) < 4.78 is 5.74. The van der Waals surface area contributed by atoms with Gasteiger partial charge in [0.1, 0.15) is 42.9 Å². The van der Waals surface area contributed by atoms with Crippen LogP contribution >= 0.6 is 0 Å². The monoisotopic (exact) mass is 769 g/mol. The number of hydrogen-bond donors (Lipinski definition) is 4. The van der Waals surface area contributed by atoms with Crippen LogP contribution in [0.4, 0.5) is 4.79 Å². The summed E-state index contributed by atoms with van der Waals surface area (Å²) >= 11 is 0. The number of hydrogen-bond acceptors (Lipinski definition) is 8. The van der Waals surface area contributed by atoms with E-state index in [1.54, 1.807) is 37.3 Å². The number of nitrogens with one attached hydrogen (secondary N) is 4. The topological polar surface area (TPSA) is 187 Å². The molecule has 15 heteroatoms. The number of carbonyl (C=O) groups excluding carboxylic acids is 7.